The Morgan fingerprint density at radius 2 is 1.63 bits per heavy atom. The lowest BCUT2D eigenvalue weighted by molar-refractivity contribution is 0.0698. The molecule has 0 atom stereocenters. The number of nitrogens with one attached hydrogen (secondary N) is 2. The zero-order chi connectivity index (χ0) is 23.7. The second-order valence-electron chi connectivity index (χ2n) is 7.99. The summed E-state index contributed by atoms with van der Waals surface area (Å²) in [4.78, 5) is 21.9. The molecule has 4 aromatic rings. The molecule has 0 radical (unpaired) electrons. The number of aromatic amines is 1. The maximum Gasteiger partial charge on any atom is 0.253 e. The maximum absolute atomic E-state index is 13.2. The van der Waals surface area contributed by atoms with Gasteiger partial charge >= 0.3 is 0 Å². The molecule has 3 aromatic carbocycles. The van der Waals surface area contributed by atoms with Crippen LogP contribution in [0.3, 0.4) is 0 Å². The highest BCUT2D eigenvalue weighted by atomic mass is 35.5. The van der Waals surface area contributed by atoms with Crippen molar-refractivity contribution in [3.63, 3.8) is 0 Å². The molecule has 0 saturated carbocycles. The molecule has 1 saturated heterocycles. The third-order valence-corrected chi connectivity index (χ3v) is 7.96. The molecule has 1 amide bonds. The van der Waals surface area contributed by atoms with Crippen molar-refractivity contribution in [2.45, 2.75) is 4.90 Å². The van der Waals surface area contributed by atoms with E-state index in [0.29, 0.717) is 29.6 Å². The second kappa shape index (κ2) is 10.2. The summed E-state index contributed by atoms with van der Waals surface area (Å²) in [5.41, 5.74) is 1.36. The first kappa shape index (κ1) is 25.0. The van der Waals surface area contributed by atoms with E-state index in [4.69, 9.17) is 11.6 Å². The van der Waals surface area contributed by atoms with Crippen LogP contribution in [-0.4, -0.2) is 59.7 Å². The van der Waals surface area contributed by atoms with Gasteiger partial charge in [-0.05, 0) is 59.3 Å². The van der Waals surface area contributed by atoms with Crippen molar-refractivity contribution in [3.8, 4) is 0 Å². The Balaban J connectivity index is 0.00000289. The molecule has 35 heavy (non-hydrogen) atoms. The summed E-state index contributed by atoms with van der Waals surface area (Å²) in [5, 5.41) is 5.41. The fourth-order valence-electron chi connectivity index (χ4n) is 3.98. The lowest BCUT2D eigenvalue weighted by atomic mass is 10.1. The number of hydrogen-bond acceptors (Lipinski definition) is 5. The Hall–Kier alpha value is -3.11. The summed E-state index contributed by atoms with van der Waals surface area (Å²) in [7, 11) is -3.66. The smallest absolute Gasteiger partial charge is 0.253 e. The average Bonchev–Trinajstić information content (AvgIpc) is 3.37. The van der Waals surface area contributed by atoms with Crippen LogP contribution in [0.2, 0.25) is 5.02 Å². The van der Waals surface area contributed by atoms with Gasteiger partial charge in [0.15, 0.2) is 0 Å². The highest BCUT2D eigenvalue weighted by Crippen LogP contribution is 2.25. The predicted molar refractivity (Wildman–Crippen MR) is 139 cm³/mol. The van der Waals surface area contributed by atoms with Crippen LogP contribution >= 0.6 is 24.0 Å². The Labute approximate surface area is 214 Å². The van der Waals surface area contributed by atoms with Crippen LogP contribution in [0.15, 0.2) is 78.0 Å². The zero-order valence-corrected chi connectivity index (χ0v) is 20.9. The van der Waals surface area contributed by atoms with Gasteiger partial charge < -0.3 is 15.2 Å². The highest BCUT2D eigenvalue weighted by molar-refractivity contribution is 7.89. The number of aromatic nitrogens is 2. The Morgan fingerprint density at radius 1 is 0.943 bits per heavy atom. The van der Waals surface area contributed by atoms with Crippen molar-refractivity contribution < 1.29 is 13.2 Å². The normalized spacial score (nSPS) is 14.5. The van der Waals surface area contributed by atoms with E-state index in [1.807, 2.05) is 18.2 Å². The van der Waals surface area contributed by atoms with E-state index in [9.17, 15) is 13.2 Å². The standard InChI is InChI=1S/C24H22ClN5O3S.ClH/c25-20-5-1-19-16-22(8-4-18(19)15-20)34(32,33)30-13-11-29(12-14-30)23(31)17-2-6-21(7-3-17)28-24-26-9-10-27-24;/h1-10,15-16H,11-14H2,(H2,26,27,28);1H. The van der Waals surface area contributed by atoms with Gasteiger partial charge in [-0.3, -0.25) is 4.79 Å². The molecule has 1 aliphatic heterocycles. The number of benzene rings is 3. The number of rotatable bonds is 5. The third-order valence-electron chi connectivity index (χ3n) is 5.83. The van der Waals surface area contributed by atoms with Gasteiger partial charge in [-0.2, -0.15) is 4.31 Å². The van der Waals surface area contributed by atoms with Crippen molar-refractivity contribution in [3.05, 3.63) is 83.6 Å². The predicted octanol–water partition coefficient (Wildman–Crippen LogP) is 4.53. The van der Waals surface area contributed by atoms with Gasteiger partial charge in [0.2, 0.25) is 16.0 Å². The van der Waals surface area contributed by atoms with Gasteiger partial charge in [-0.15, -0.1) is 12.4 Å². The minimum Gasteiger partial charge on any atom is -0.336 e. The molecular formula is C24H23Cl2N5O3S. The molecule has 0 aliphatic carbocycles. The van der Waals surface area contributed by atoms with Crippen LogP contribution in [0.25, 0.3) is 10.8 Å². The van der Waals surface area contributed by atoms with Gasteiger partial charge in [-0.25, -0.2) is 13.4 Å². The van der Waals surface area contributed by atoms with E-state index in [2.05, 4.69) is 15.3 Å². The molecule has 1 aliphatic rings. The number of sulfonamides is 1. The van der Waals surface area contributed by atoms with Gasteiger partial charge in [-0.1, -0.05) is 23.7 Å². The van der Waals surface area contributed by atoms with Crippen molar-refractivity contribution in [1.82, 2.24) is 19.2 Å². The molecule has 8 nitrogen and oxygen atoms in total. The number of carbonyl (C=O) groups is 1. The second-order valence-corrected chi connectivity index (χ2v) is 10.4. The molecule has 1 fully saturated rings. The largest absolute Gasteiger partial charge is 0.336 e. The van der Waals surface area contributed by atoms with Crippen LogP contribution in [0.4, 0.5) is 11.6 Å². The zero-order valence-electron chi connectivity index (χ0n) is 18.5. The van der Waals surface area contributed by atoms with Crippen LogP contribution < -0.4 is 5.32 Å². The first-order valence-corrected chi connectivity index (χ1v) is 12.6. The number of anilines is 2. The summed E-state index contributed by atoms with van der Waals surface area (Å²) in [6.07, 6.45) is 3.37. The first-order valence-electron chi connectivity index (χ1n) is 10.8. The molecular weight excluding hydrogens is 509 g/mol. The molecule has 1 aromatic heterocycles. The van der Waals surface area contributed by atoms with Crippen molar-refractivity contribution >= 4 is 62.3 Å². The van der Waals surface area contributed by atoms with Gasteiger partial charge in [0.05, 0.1) is 4.90 Å². The lowest BCUT2D eigenvalue weighted by Gasteiger charge is -2.34. The van der Waals surface area contributed by atoms with Crippen LogP contribution in [0, 0.1) is 0 Å². The van der Waals surface area contributed by atoms with Gasteiger partial charge in [0.1, 0.15) is 0 Å². The summed E-state index contributed by atoms with van der Waals surface area (Å²) in [5.74, 6) is 0.496. The number of piperazine rings is 1. The van der Waals surface area contributed by atoms with Crippen molar-refractivity contribution in [2.24, 2.45) is 0 Å². The number of nitrogens with zero attached hydrogens (tertiary/aromatic N) is 3. The SMILES string of the molecule is Cl.O=C(c1ccc(Nc2ncc[nH]2)cc1)N1CCN(S(=O)(=O)c2ccc3cc(Cl)ccc3c2)CC1. The van der Waals surface area contributed by atoms with E-state index < -0.39 is 10.0 Å². The molecule has 11 heteroatoms. The Morgan fingerprint density at radius 3 is 2.31 bits per heavy atom. The molecule has 2 heterocycles. The average molecular weight is 532 g/mol. The lowest BCUT2D eigenvalue weighted by Crippen LogP contribution is -2.50. The maximum atomic E-state index is 13.2. The Bertz CT molecular complexity index is 1440. The van der Waals surface area contributed by atoms with Crippen molar-refractivity contribution in [1.29, 1.82) is 0 Å². The fraction of sp³-hybridized carbons (Fsp3) is 0.167. The molecule has 5 rings (SSSR count). The molecule has 0 spiro atoms. The van der Waals surface area contributed by atoms with E-state index in [1.165, 1.54) is 4.31 Å². The number of hydrogen-bond donors (Lipinski definition) is 2. The number of halogens is 2. The van der Waals surface area contributed by atoms with E-state index >= 15 is 0 Å². The Kier molecular flexibility index (Phi) is 7.32. The fourth-order valence-corrected chi connectivity index (χ4v) is 5.62. The minimum absolute atomic E-state index is 0. The van der Waals surface area contributed by atoms with Crippen LogP contribution in [0.5, 0.6) is 0 Å². The van der Waals surface area contributed by atoms with Crippen LogP contribution in [-0.2, 0) is 10.0 Å². The minimum atomic E-state index is -3.66. The number of carbonyl (C=O) groups excluding carboxylic acids is 1. The highest BCUT2D eigenvalue weighted by Gasteiger charge is 2.30. The van der Waals surface area contributed by atoms with E-state index in [1.54, 1.807) is 59.8 Å². The first-order chi connectivity index (χ1) is 16.4. The third kappa shape index (κ3) is 5.28. The van der Waals surface area contributed by atoms with Gasteiger partial charge in [0.25, 0.3) is 5.91 Å². The number of amides is 1. The molecule has 182 valence electrons. The summed E-state index contributed by atoms with van der Waals surface area (Å²) >= 11 is 6.02. The van der Waals surface area contributed by atoms with Crippen LogP contribution in [0.1, 0.15) is 10.4 Å². The summed E-state index contributed by atoms with van der Waals surface area (Å²) < 4.78 is 27.8. The van der Waals surface area contributed by atoms with E-state index in [0.717, 1.165) is 16.5 Å². The molecule has 2 N–H and O–H groups in total. The van der Waals surface area contributed by atoms with E-state index in [-0.39, 0.29) is 36.3 Å². The molecule has 0 unspecified atom stereocenters. The number of H-pyrrole nitrogens is 1. The summed E-state index contributed by atoms with van der Waals surface area (Å²) in [6.45, 7) is 1.14. The topological polar surface area (TPSA) is 98.4 Å². The molecule has 0 bridgehead atoms. The monoisotopic (exact) mass is 531 g/mol. The van der Waals surface area contributed by atoms with Gasteiger partial charge in [0, 0.05) is 54.8 Å². The number of fused-ring (bicyclic) bond motifs is 1. The van der Waals surface area contributed by atoms with Crippen molar-refractivity contribution in [2.75, 3.05) is 31.5 Å². The summed E-state index contributed by atoms with van der Waals surface area (Å²) in [6, 6.07) is 17.5. The number of imidazole rings is 1. The quantitative estimate of drug-likeness (QED) is 0.394.